The van der Waals surface area contributed by atoms with E-state index in [9.17, 15) is 0 Å². The molecule has 1 saturated carbocycles. The van der Waals surface area contributed by atoms with Gasteiger partial charge in [-0.05, 0) is 25.4 Å². The first kappa shape index (κ1) is 5.45. The molecule has 0 spiro atoms. The Hall–Kier alpha value is 0.310. The van der Waals surface area contributed by atoms with Gasteiger partial charge in [0.1, 0.15) is 0 Å². The monoisotopic (exact) mass is 119 g/mol. The summed E-state index contributed by atoms with van der Waals surface area (Å²) in [6.07, 6.45) is 7.35. The third-order valence-corrected chi connectivity index (χ3v) is 1.90. The fourth-order valence-corrected chi connectivity index (χ4v) is 1.57. The zero-order valence-corrected chi connectivity index (χ0v) is 5.83. The highest BCUT2D eigenvalue weighted by molar-refractivity contribution is 8.14. The van der Waals surface area contributed by atoms with Crippen molar-refractivity contribution in [1.82, 2.24) is 4.72 Å². The van der Waals surface area contributed by atoms with Gasteiger partial charge in [-0.15, -0.1) is 0 Å². The van der Waals surface area contributed by atoms with E-state index in [0.717, 1.165) is 6.04 Å². The van der Waals surface area contributed by atoms with E-state index in [1.54, 1.807) is 0 Å². The van der Waals surface area contributed by atoms with Crippen LogP contribution in [-0.2, 0) is 0 Å². The molecule has 1 nitrogen and oxygen atoms in total. The predicted molar refractivity (Wildman–Crippen MR) is 37.0 cm³/mol. The third kappa shape index (κ3) is 2.19. The van der Waals surface area contributed by atoms with Gasteiger partial charge in [-0.25, -0.2) is 11.1 Å². The van der Waals surface area contributed by atoms with Crippen LogP contribution in [0.2, 0.25) is 0 Å². The molecule has 44 valence electrons. The minimum absolute atomic E-state index is 0.173. The van der Waals surface area contributed by atoms with Crippen LogP contribution in [0.15, 0.2) is 0 Å². The molecule has 0 aliphatic heterocycles. The van der Waals surface area contributed by atoms with E-state index >= 15 is 0 Å². The topological polar surface area (TPSA) is 12.0 Å². The van der Waals surface area contributed by atoms with E-state index in [0.29, 0.717) is 0 Å². The maximum atomic E-state index is 3.48. The van der Waals surface area contributed by atoms with Crippen LogP contribution in [0.5, 0.6) is 0 Å². The molecule has 0 atom stereocenters. The number of hydrogen-bond donors (Lipinski definition) is 2. The third-order valence-electron chi connectivity index (χ3n) is 1.02. The Labute approximate surface area is 48.0 Å². The maximum Gasteiger partial charge on any atom is 0.0155 e. The lowest BCUT2D eigenvalue weighted by atomic mass is 10.8. The van der Waals surface area contributed by atoms with Gasteiger partial charge >= 0.3 is 0 Å². The predicted octanol–water partition coefficient (Wildman–Crippen LogP) is 0.914. The fraction of sp³-hybridized carbons (Fsp3) is 1.00. The normalized spacial score (nSPS) is 22.3. The van der Waals surface area contributed by atoms with Crippen LogP contribution in [0.3, 0.4) is 0 Å². The van der Waals surface area contributed by atoms with Crippen molar-refractivity contribution in [2.45, 2.75) is 18.9 Å². The molecule has 1 aliphatic rings. The Morgan fingerprint density at radius 3 is 2.14 bits per heavy atom. The summed E-state index contributed by atoms with van der Waals surface area (Å²) in [6, 6.07) is 0.904. The van der Waals surface area contributed by atoms with Crippen LogP contribution in [0, 0.1) is 0 Å². The number of nitrogens with one attached hydrogen (secondary N) is 1. The van der Waals surface area contributed by atoms with Crippen LogP contribution < -0.4 is 4.72 Å². The lowest BCUT2D eigenvalue weighted by Gasteiger charge is -2.08. The van der Waals surface area contributed by atoms with Crippen molar-refractivity contribution in [3.63, 3.8) is 0 Å². The van der Waals surface area contributed by atoms with Gasteiger partial charge in [-0.3, -0.25) is 4.72 Å². The summed E-state index contributed by atoms with van der Waals surface area (Å²) < 4.78 is 3.48. The smallest absolute Gasteiger partial charge is 0.0155 e. The molecule has 0 saturated heterocycles. The second-order valence-corrected chi connectivity index (χ2v) is 4.34. The van der Waals surface area contributed by atoms with Crippen molar-refractivity contribution in [3.05, 3.63) is 0 Å². The van der Waals surface area contributed by atoms with E-state index in [1.807, 2.05) is 0 Å². The number of hydrogen-bond acceptors (Lipinski definition) is 1. The van der Waals surface area contributed by atoms with Crippen LogP contribution in [0.25, 0.3) is 0 Å². The molecule has 1 N–H and O–H groups in total. The molecular formula is C5H13NS. The van der Waals surface area contributed by atoms with Crippen molar-refractivity contribution in [3.8, 4) is 0 Å². The molecule has 0 radical (unpaired) electrons. The number of thiol groups is 1. The highest BCUT2D eigenvalue weighted by Gasteiger charge is 2.20. The van der Waals surface area contributed by atoms with Crippen molar-refractivity contribution in [2.75, 3.05) is 12.5 Å². The maximum absolute atomic E-state index is 3.48. The van der Waals surface area contributed by atoms with E-state index in [1.165, 1.54) is 12.8 Å². The van der Waals surface area contributed by atoms with E-state index in [2.05, 4.69) is 17.2 Å². The highest BCUT2D eigenvalue weighted by Crippen LogP contribution is 2.24. The Bertz CT molecular complexity index is 59.1. The number of rotatable bonds is 2. The van der Waals surface area contributed by atoms with E-state index in [-0.39, 0.29) is 11.1 Å². The Kier molecular flexibility index (Phi) is 1.60. The average Bonchev–Trinajstić information content (AvgIpc) is 2.17. The standard InChI is InChI=1S/C5H13NS/c1-7(2)6-5-3-4-5/h5-7H,3-4H2,1-2H3. The summed E-state index contributed by atoms with van der Waals surface area (Å²) in [5.41, 5.74) is 0. The minimum atomic E-state index is 0.173. The average molecular weight is 119 g/mol. The van der Waals surface area contributed by atoms with Crippen LogP contribution >= 0.6 is 11.1 Å². The molecule has 7 heavy (non-hydrogen) atoms. The molecule has 1 fully saturated rings. The lowest BCUT2D eigenvalue weighted by Crippen LogP contribution is -2.09. The van der Waals surface area contributed by atoms with E-state index < -0.39 is 0 Å². The molecule has 1 aliphatic carbocycles. The second kappa shape index (κ2) is 2.05. The lowest BCUT2D eigenvalue weighted by molar-refractivity contribution is 0.967. The van der Waals surface area contributed by atoms with E-state index in [4.69, 9.17) is 0 Å². The summed E-state index contributed by atoms with van der Waals surface area (Å²) in [5, 5.41) is 0. The molecule has 1 rings (SSSR count). The first-order valence-electron chi connectivity index (χ1n) is 2.72. The summed E-state index contributed by atoms with van der Waals surface area (Å²) >= 11 is 0.173. The van der Waals surface area contributed by atoms with Crippen LogP contribution in [0.1, 0.15) is 12.8 Å². The van der Waals surface area contributed by atoms with Gasteiger partial charge in [0.2, 0.25) is 0 Å². The van der Waals surface area contributed by atoms with Gasteiger partial charge in [0.25, 0.3) is 0 Å². The molecule has 0 amide bonds. The summed E-state index contributed by atoms with van der Waals surface area (Å²) in [7, 11) is 0. The van der Waals surface area contributed by atoms with Crippen molar-refractivity contribution in [1.29, 1.82) is 0 Å². The molecule has 0 aromatic heterocycles. The molecule has 0 aromatic rings. The van der Waals surface area contributed by atoms with Gasteiger partial charge in [0.15, 0.2) is 0 Å². The Morgan fingerprint density at radius 2 is 2.00 bits per heavy atom. The molecule has 0 heterocycles. The van der Waals surface area contributed by atoms with Gasteiger partial charge in [-0.2, -0.15) is 0 Å². The Balaban J connectivity index is 1.97. The van der Waals surface area contributed by atoms with Gasteiger partial charge < -0.3 is 0 Å². The first-order chi connectivity index (χ1) is 3.29. The summed E-state index contributed by atoms with van der Waals surface area (Å²) in [6.45, 7) is 0. The van der Waals surface area contributed by atoms with Crippen molar-refractivity contribution < 1.29 is 0 Å². The minimum Gasteiger partial charge on any atom is -0.281 e. The molecule has 0 bridgehead atoms. The van der Waals surface area contributed by atoms with Crippen molar-refractivity contribution >= 4 is 11.1 Å². The first-order valence-corrected chi connectivity index (χ1v) is 4.96. The summed E-state index contributed by atoms with van der Waals surface area (Å²) in [5.74, 6) is 0. The highest BCUT2D eigenvalue weighted by atomic mass is 32.2. The SMILES string of the molecule is C[SH](C)NC1CC1. The van der Waals surface area contributed by atoms with Crippen LogP contribution in [-0.4, -0.2) is 18.6 Å². The Morgan fingerprint density at radius 1 is 1.43 bits per heavy atom. The van der Waals surface area contributed by atoms with Gasteiger partial charge in [-0.1, -0.05) is 0 Å². The quantitative estimate of drug-likeness (QED) is 0.515. The fourth-order valence-electron chi connectivity index (χ4n) is 0.578. The largest absolute Gasteiger partial charge is 0.281 e. The molecule has 0 aromatic carbocycles. The molecule has 2 heteroatoms. The summed E-state index contributed by atoms with van der Waals surface area (Å²) in [4.78, 5) is 0. The zero-order chi connectivity index (χ0) is 5.28. The molecular weight excluding hydrogens is 106 g/mol. The van der Waals surface area contributed by atoms with Crippen LogP contribution in [0.4, 0.5) is 0 Å². The van der Waals surface area contributed by atoms with Gasteiger partial charge in [0, 0.05) is 6.04 Å². The zero-order valence-electron chi connectivity index (χ0n) is 4.94. The molecule has 0 unspecified atom stereocenters. The van der Waals surface area contributed by atoms with Gasteiger partial charge in [0.05, 0.1) is 0 Å². The van der Waals surface area contributed by atoms with Crippen molar-refractivity contribution in [2.24, 2.45) is 0 Å². The second-order valence-electron chi connectivity index (χ2n) is 2.30.